The van der Waals surface area contributed by atoms with Gasteiger partial charge in [-0.3, -0.25) is 0 Å². The Morgan fingerprint density at radius 2 is 1.87 bits per heavy atom. The normalized spacial score (nSPS) is 24.7. The molecule has 0 amide bonds. The van der Waals surface area contributed by atoms with Crippen LogP contribution in [0.1, 0.15) is 87.0 Å². The molecular formula is C28H33NO2. The van der Waals surface area contributed by atoms with E-state index < -0.39 is 0 Å². The predicted molar refractivity (Wildman–Crippen MR) is 127 cm³/mol. The van der Waals surface area contributed by atoms with E-state index in [4.69, 9.17) is 14.1 Å². The van der Waals surface area contributed by atoms with Crippen molar-refractivity contribution in [3.8, 4) is 17.2 Å². The Morgan fingerprint density at radius 1 is 1.10 bits per heavy atom. The minimum atomic E-state index is 0.464. The quantitative estimate of drug-likeness (QED) is 0.408. The number of hydrogen-bond donors (Lipinski definition) is 0. The van der Waals surface area contributed by atoms with Crippen LogP contribution in [0, 0.1) is 12.8 Å². The molecule has 0 bridgehead atoms. The molecule has 1 heterocycles. The highest BCUT2D eigenvalue weighted by atomic mass is 16.5. The zero-order valence-electron chi connectivity index (χ0n) is 19.6. The fraction of sp³-hybridized carbons (Fsp3) is 0.464. The van der Waals surface area contributed by atoms with Crippen LogP contribution in [-0.4, -0.2) is 12.1 Å². The Bertz CT molecular complexity index is 1180. The van der Waals surface area contributed by atoms with E-state index in [2.05, 4.69) is 40.7 Å². The maximum absolute atomic E-state index is 6.56. The molecule has 0 N–H and O–H groups in total. The SMILES string of the molecule is COc1ccccc1-c1nc2c(C)c3c4c(c2o1)[C@@H](C)CC[C@@H]4[C@@H](C)C[C@H]3C=C(C)C. The molecule has 0 saturated heterocycles. The van der Waals surface area contributed by atoms with Gasteiger partial charge in [0, 0.05) is 11.5 Å². The van der Waals surface area contributed by atoms with Gasteiger partial charge in [0.25, 0.3) is 0 Å². The van der Waals surface area contributed by atoms with E-state index in [0.717, 1.165) is 22.4 Å². The summed E-state index contributed by atoms with van der Waals surface area (Å²) in [5.74, 6) is 3.73. The van der Waals surface area contributed by atoms with Gasteiger partial charge in [-0.25, -0.2) is 4.98 Å². The summed E-state index contributed by atoms with van der Waals surface area (Å²) in [6.07, 6.45) is 6.20. The van der Waals surface area contributed by atoms with Crippen molar-refractivity contribution in [1.29, 1.82) is 0 Å². The second-order valence-corrected chi connectivity index (χ2v) is 9.91. The molecule has 0 saturated carbocycles. The number of aromatic nitrogens is 1. The lowest BCUT2D eigenvalue weighted by atomic mass is 9.62. The van der Waals surface area contributed by atoms with Crippen molar-refractivity contribution in [3.05, 3.63) is 58.2 Å². The molecule has 0 spiro atoms. The Hall–Kier alpha value is -2.55. The summed E-state index contributed by atoms with van der Waals surface area (Å²) in [5.41, 5.74) is 10.2. The number of ether oxygens (including phenoxy) is 1. The monoisotopic (exact) mass is 415 g/mol. The van der Waals surface area contributed by atoms with Gasteiger partial charge in [-0.05, 0) is 86.6 Å². The Balaban J connectivity index is 1.83. The van der Waals surface area contributed by atoms with Gasteiger partial charge >= 0.3 is 0 Å². The molecule has 0 unspecified atom stereocenters. The molecule has 3 heteroatoms. The van der Waals surface area contributed by atoms with Gasteiger partial charge in [-0.2, -0.15) is 0 Å². The van der Waals surface area contributed by atoms with Crippen molar-refractivity contribution >= 4 is 11.1 Å². The third-order valence-corrected chi connectivity index (χ3v) is 7.54. The van der Waals surface area contributed by atoms with Crippen molar-refractivity contribution in [3.63, 3.8) is 0 Å². The summed E-state index contributed by atoms with van der Waals surface area (Å²) >= 11 is 0. The van der Waals surface area contributed by atoms with E-state index in [9.17, 15) is 0 Å². The standard InChI is InChI=1S/C28H33NO2/c1-15(2)13-19-14-17(4)20-12-11-16(3)23-25(20)24(19)18(5)26-27(23)31-28(29-26)21-9-7-8-10-22(21)30-6/h7-10,13,16-17,19-20H,11-12,14H2,1-6H3/t16-,17-,19+,20+/m0/s1. The van der Waals surface area contributed by atoms with Crippen LogP contribution in [0.4, 0.5) is 0 Å². The van der Waals surface area contributed by atoms with Crippen LogP contribution in [0.5, 0.6) is 5.75 Å². The summed E-state index contributed by atoms with van der Waals surface area (Å²) in [6.45, 7) is 11.5. The van der Waals surface area contributed by atoms with Gasteiger partial charge in [0.15, 0.2) is 5.58 Å². The minimum absolute atomic E-state index is 0.464. The summed E-state index contributed by atoms with van der Waals surface area (Å²) < 4.78 is 12.2. The Kier molecular flexibility index (Phi) is 4.96. The van der Waals surface area contributed by atoms with Gasteiger partial charge in [-0.15, -0.1) is 0 Å². The third-order valence-electron chi connectivity index (χ3n) is 7.54. The third kappa shape index (κ3) is 3.12. The molecule has 4 atom stereocenters. The van der Waals surface area contributed by atoms with Crippen LogP contribution in [0.3, 0.4) is 0 Å². The van der Waals surface area contributed by atoms with Gasteiger partial charge in [0.2, 0.25) is 5.89 Å². The molecule has 1 aromatic heterocycles. The number of benzene rings is 2. The zero-order chi connectivity index (χ0) is 21.9. The van der Waals surface area contributed by atoms with E-state index in [1.54, 1.807) is 12.7 Å². The highest BCUT2D eigenvalue weighted by Gasteiger charge is 2.40. The second kappa shape index (κ2) is 7.55. The minimum Gasteiger partial charge on any atom is -0.496 e. The number of allylic oxidation sites excluding steroid dienone is 2. The fourth-order valence-corrected chi connectivity index (χ4v) is 6.18. The molecule has 3 aromatic rings. The van der Waals surface area contributed by atoms with Crippen LogP contribution in [0.25, 0.3) is 22.6 Å². The molecule has 0 fully saturated rings. The topological polar surface area (TPSA) is 35.3 Å². The first kappa shape index (κ1) is 20.4. The molecule has 2 aliphatic rings. The first-order chi connectivity index (χ1) is 14.9. The maximum Gasteiger partial charge on any atom is 0.231 e. The van der Waals surface area contributed by atoms with Gasteiger partial charge < -0.3 is 9.15 Å². The van der Waals surface area contributed by atoms with Gasteiger partial charge in [0.1, 0.15) is 11.3 Å². The summed E-state index contributed by atoms with van der Waals surface area (Å²) in [6, 6.07) is 8.00. The van der Waals surface area contributed by atoms with Crippen molar-refractivity contribution in [1.82, 2.24) is 4.98 Å². The van der Waals surface area contributed by atoms with Crippen LogP contribution >= 0.6 is 0 Å². The molecule has 0 aliphatic heterocycles. The summed E-state index contributed by atoms with van der Waals surface area (Å²) in [4.78, 5) is 5.06. The summed E-state index contributed by atoms with van der Waals surface area (Å²) in [5, 5.41) is 0. The maximum atomic E-state index is 6.56. The number of oxazole rings is 1. The smallest absolute Gasteiger partial charge is 0.231 e. The first-order valence-electron chi connectivity index (χ1n) is 11.7. The average Bonchev–Trinajstić information content (AvgIpc) is 3.18. The Labute approximate surface area is 185 Å². The fourth-order valence-electron chi connectivity index (χ4n) is 6.18. The molecule has 5 rings (SSSR count). The Morgan fingerprint density at radius 3 is 2.61 bits per heavy atom. The van der Waals surface area contributed by atoms with Gasteiger partial charge in [0.05, 0.1) is 12.7 Å². The number of aryl methyl sites for hydroxylation is 1. The zero-order valence-corrected chi connectivity index (χ0v) is 19.6. The van der Waals surface area contributed by atoms with E-state index in [0.29, 0.717) is 29.6 Å². The van der Waals surface area contributed by atoms with E-state index >= 15 is 0 Å². The van der Waals surface area contributed by atoms with Crippen LogP contribution in [-0.2, 0) is 0 Å². The van der Waals surface area contributed by atoms with Crippen LogP contribution in [0.15, 0.2) is 40.3 Å². The van der Waals surface area contributed by atoms with E-state index in [1.165, 1.54) is 41.5 Å². The number of para-hydroxylation sites is 1. The number of fused-ring (bicyclic) bond motifs is 2. The van der Waals surface area contributed by atoms with Crippen molar-refractivity contribution in [2.24, 2.45) is 5.92 Å². The van der Waals surface area contributed by atoms with Crippen molar-refractivity contribution in [2.75, 3.05) is 7.11 Å². The molecule has 2 aromatic carbocycles. The number of rotatable bonds is 3. The van der Waals surface area contributed by atoms with E-state index in [-0.39, 0.29) is 0 Å². The molecule has 0 radical (unpaired) electrons. The highest BCUT2D eigenvalue weighted by molar-refractivity contribution is 5.87. The second-order valence-electron chi connectivity index (χ2n) is 9.91. The first-order valence-corrected chi connectivity index (χ1v) is 11.7. The van der Waals surface area contributed by atoms with E-state index in [1.807, 2.05) is 24.3 Å². The molecule has 3 nitrogen and oxygen atoms in total. The lowest BCUT2D eigenvalue weighted by Gasteiger charge is -2.42. The van der Waals surface area contributed by atoms with Gasteiger partial charge in [-0.1, -0.05) is 37.6 Å². The lowest BCUT2D eigenvalue weighted by Crippen LogP contribution is -2.28. The number of hydrogen-bond acceptors (Lipinski definition) is 3. The van der Waals surface area contributed by atoms with Crippen LogP contribution in [0.2, 0.25) is 0 Å². The summed E-state index contributed by atoms with van der Waals surface area (Å²) in [7, 11) is 1.70. The molecule has 2 aliphatic carbocycles. The number of nitrogens with zero attached hydrogens (tertiary/aromatic N) is 1. The predicted octanol–water partition coefficient (Wildman–Crippen LogP) is 7.88. The molecule has 31 heavy (non-hydrogen) atoms. The molecular weight excluding hydrogens is 382 g/mol. The molecule has 162 valence electrons. The highest BCUT2D eigenvalue weighted by Crippen LogP contribution is 2.55. The average molecular weight is 416 g/mol. The van der Waals surface area contributed by atoms with Crippen molar-refractivity contribution in [2.45, 2.75) is 71.6 Å². The van der Waals surface area contributed by atoms with Crippen LogP contribution < -0.4 is 4.74 Å². The largest absolute Gasteiger partial charge is 0.496 e. The number of methoxy groups -OCH3 is 1. The lowest BCUT2D eigenvalue weighted by molar-refractivity contribution is 0.332. The van der Waals surface area contributed by atoms with Crippen molar-refractivity contribution < 1.29 is 9.15 Å².